The maximum Gasteiger partial charge on any atom is 0.303 e. The number of nitrogens with one attached hydrogen (secondary N) is 1. The molecule has 2 heterocycles. The molecule has 0 aliphatic carbocycles. The number of aryl methyl sites for hydroxylation is 1. The molecular weight excluding hydrogens is 293 g/mol. The summed E-state index contributed by atoms with van der Waals surface area (Å²) in [5.74, 6) is -0.759. The van der Waals surface area contributed by atoms with Crippen LogP contribution in [0.15, 0.2) is 24.3 Å². The molecular formula is C13H18N3O2PS. The number of carboxylic acid groups (broad SMARTS) is 1. The van der Waals surface area contributed by atoms with E-state index in [9.17, 15) is 4.79 Å². The lowest BCUT2D eigenvalue weighted by atomic mass is 10.1. The normalized spacial score (nSPS) is 18.8. The smallest absolute Gasteiger partial charge is 0.303 e. The van der Waals surface area contributed by atoms with E-state index in [-0.39, 0.29) is 6.42 Å². The lowest BCUT2D eigenvalue weighted by molar-refractivity contribution is -0.136. The van der Waals surface area contributed by atoms with Crippen LogP contribution in [0, 0.1) is 0 Å². The fourth-order valence-corrected chi connectivity index (χ4v) is 5.80. The fourth-order valence-electron chi connectivity index (χ4n) is 2.12. The van der Waals surface area contributed by atoms with E-state index < -0.39 is 12.5 Å². The summed E-state index contributed by atoms with van der Waals surface area (Å²) in [6.45, 7) is 2.63. The molecule has 2 saturated heterocycles. The number of benzene rings is 1. The second kappa shape index (κ2) is 5.45. The minimum atomic E-state index is -1.75. The number of hydrogen-bond acceptors (Lipinski definition) is 2. The van der Waals surface area contributed by atoms with E-state index in [4.69, 9.17) is 16.9 Å². The first-order valence-corrected chi connectivity index (χ1v) is 9.49. The molecule has 0 atom stereocenters. The molecule has 0 radical (unpaired) electrons. The molecule has 2 aliphatic rings. The van der Waals surface area contributed by atoms with Gasteiger partial charge in [0.05, 0.1) is 0 Å². The lowest BCUT2D eigenvalue weighted by Gasteiger charge is -2.26. The highest BCUT2D eigenvalue weighted by atomic mass is 32.4. The minimum absolute atomic E-state index is 0.173. The lowest BCUT2D eigenvalue weighted by Crippen LogP contribution is -2.12. The molecule has 7 heteroatoms. The van der Waals surface area contributed by atoms with E-state index in [0.717, 1.165) is 37.4 Å². The van der Waals surface area contributed by atoms with Crippen LogP contribution in [-0.2, 0) is 23.0 Å². The molecule has 5 nitrogen and oxygen atoms in total. The van der Waals surface area contributed by atoms with Crippen LogP contribution >= 0.6 is 6.49 Å². The van der Waals surface area contributed by atoms with E-state index >= 15 is 0 Å². The third-order valence-electron chi connectivity index (χ3n) is 3.47. The van der Waals surface area contributed by atoms with Crippen molar-refractivity contribution < 1.29 is 9.90 Å². The van der Waals surface area contributed by atoms with Gasteiger partial charge >= 0.3 is 5.97 Å². The van der Waals surface area contributed by atoms with Crippen LogP contribution in [0.25, 0.3) is 0 Å². The Bertz CT molecular complexity index is 539. The molecule has 0 aromatic heterocycles. The highest BCUT2D eigenvalue weighted by molar-refractivity contribution is 8.13. The molecule has 0 unspecified atom stereocenters. The molecule has 0 amide bonds. The Kier molecular flexibility index (Phi) is 3.82. The Morgan fingerprint density at radius 3 is 2.20 bits per heavy atom. The summed E-state index contributed by atoms with van der Waals surface area (Å²) < 4.78 is 4.68. The zero-order valence-corrected chi connectivity index (χ0v) is 12.9. The molecule has 3 rings (SSSR count). The third-order valence-corrected chi connectivity index (χ3v) is 8.01. The molecule has 2 aliphatic heterocycles. The highest BCUT2D eigenvalue weighted by Crippen LogP contribution is 2.59. The first kappa shape index (κ1) is 14.0. The molecule has 0 bridgehead atoms. The summed E-state index contributed by atoms with van der Waals surface area (Å²) in [5.41, 5.74) is 2.08. The second-order valence-corrected chi connectivity index (χ2v) is 9.12. The summed E-state index contributed by atoms with van der Waals surface area (Å²) in [5, 5.41) is 12.2. The van der Waals surface area contributed by atoms with Gasteiger partial charge in [-0.1, -0.05) is 12.1 Å². The third kappa shape index (κ3) is 3.20. The first-order chi connectivity index (χ1) is 9.58. The number of anilines is 1. The van der Waals surface area contributed by atoms with Gasteiger partial charge in [-0.2, -0.15) is 0 Å². The Morgan fingerprint density at radius 2 is 1.75 bits per heavy atom. The standard InChI is InChI=1S/C13H18N3O2PS/c17-13(18)6-3-11-1-4-12(5-2-11)14-19(20,15-7-8-15)16-9-10-16/h1-2,4-5H,3,6-10H2,(H,14,20)(H,17,18). The Balaban J connectivity index is 1.65. The van der Waals surface area contributed by atoms with Gasteiger partial charge in [0.25, 0.3) is 0 Å². The van der Waals surface area contributed by atoms with Gasteiger partial charge in [-0.25, -0.2) is 9.34 Å². The summed E-state index contributed by atoms with van der Waals surface area (Å²) in [4.78, 5) is 10.6. The van der Waals surface area contributed by atoms with E-state index in [1.165, 1.54) is 0 Å². The molecule has 0 saturated carbocycles. The van der Waals surface area contributed by atoms with Crippen LogP contribution in [0.4, 0.5) is 5.69 Å². The molecule has 1 aromatic carbocycles. The summed E-state index contributed by atoms with van der Waals surface area (Å²) in [6, 6.07) is 7.97. The van der Waals surface area contributed by atoms with Crippen molar-refractivity contribution in [3.63, 3.8) is 0 Å². The Hall–Kier alpha value is -0.940. The SMILES string of the molecule is O=C(O)CCc1ccc(NP(=S)(N2CC2)N2CC2)cc1. The molecule has 108 valence electrons. The Morgan fingerprint density at radius 1 is 1.20 bits per heavy atom. The zero-order chi connectivity index (χ0) is 14.2. The summed E-state index contributed by atoms with van der Waals surface area (Å²) in [6.07, 6.45) is 0.744. The van der Waals surface area contributed by atoms with Crippen molar-refractivity contribution in [2.75, 3.05) is 31.3 Å². The number of carbonyl (C=O) groups is 1. The van der Waals surface area contributed by atoms with Crippen molar-refractivity contribution in [1.29, 1.82) is 0 Å². The van der Waals surface area contributed by atoms with Crippen molar-refractivity contribution in [1.82, 2.24) is 9.34 Å². The van der Waals surface area contributed by atoms with Crippen LogP contribution in [0.3, 0.4) is 0 Å². The van der Waals surface area contributed by atoms with Crippen LogP contribution in [-0.4, -0.2) is 46.6 Å². The predicted octanol–water partition coefficient (Wildman–Crippen LogP) is 1.97. The number of rotatable bonds is 7. The fraction of sp³-hybridized carbons (Fsp3) is 0.462. The molecule has 2 fully saturated rings. The van der Waals surface area contributed by atoms with Crippen LogP contribution in [0.5, 0.6) is 0 Å². The van der Waals surface area contributed by atoms with E-state index in [1.807, 2.05) is 24.3 Å². The zero-order valence-electron chi connectivity index (χ0n) is 11.2. The highest BCUT2D eigenvalue weighted by Gasteiger charge is 2.43. The largest absolute Gasteiger partial charge is 0.481 e. The van der Waals surface area contributed by atoms with Gasteiger partial charge in [-0.3, -0.25) is 4.79 Å². The van der Waals surface area contributed by atoms with Crippen molar-refractivity contribution in [3.8, 4) is 0 Å². The van der Waals surface area contributed by atoms with Gasteiger partial charge in [0.1, 0.15) is 0 Å². The first-order valence-electron chi connectivity index (χ1n) is 6.78. The average molecular weight is 311 g/mol. The second-order valence-electron chi connectivity index (χ2n) is 5.15. The molecule has 1 aromatic rings. The monoisotopic (exact) mass is 311 g/mol. The van der Waals surface area contributed by atoms with Crippen molar-refractivity contribution in [3.05, 3.63) is 29.8 Å². The van der Waals surface area contributed by atoms with Crippen LogP contribution in [0.1, 0.15) is 12.0 Å². The molecule has 2 N–H and O–H groups in total. The van der Waals surface area contributed by atoms with Gasteiger partial charge in [-0.15, -0.1) is 0 Å². The van der Waals surface area contributed by atoms with Gasteiger partial charge in [-0.05, 0) is 35.9 Å². The quantitative estimate of drug-likeness (QED) is 0.593. The number of carboxylic acids is 1. The van der Waals surface area contributed by atoms with Crippen molar-refractivity contribution in [2.45, 2.75) is 12.8 Å². The summed E-state index contributed by atoms with van der Waals surface area (Å²) >= 11 is 5.85. The number of aliphatic carboxylic acids is 1. The maximum absolute atomic E-state index is 10.6. The predicted molar refractivity (Wildman–Crippen MR) is 83.5 cm³/mol. The van der Waals surface area contributed by atoms with Gasteiger partial charge in [0.2, 0.25) is 0 Å². The van der Waals surface area contributed by atoms with Crippen molar-refractivity contribution >= 4 is 30.0 Å². The van der Waals surface area contributed by atoms with E-state index in [0.29, 0.717) is 6.42 Å². The van der Waals surface area contributed by atoms with Gasteiger partial charge in [0.15, 0.2) is 6.49 Å². The van der Waals surface area contributed by atoms with Gasteiger partial charge in [0, 0.05) is 38.3 Å². The number of hydrogen-bond donors (Lipinski definition) is 2. The minimum Gasteiger partial charge on any atom is -0.481 e. The van der Waals surface area contributed by atoms with Crippen LogP contribution < -0.4 is 5.09 Å². The summed E-state index contributed by atoms with van der Waals surface area (Å²) in [7, 11) is 0. The maximum atomic E-state index is 10.6. The van der Waals surface area contributed by atoms with Gasteiger partial charge < -0.3 is 10.2 Å². The van der Waals surface area contributed by atoms with E-state index in [1.54, 1.807) is 0 Å². The Labute approximate surface area is 123 Å². The van der Waals surface area contributed by atoms with Crippen LogP contribution in [0.2, 0.25) is 0 Å². The van der Waals surface area contributed by atoms with E-state index in [2.05, 4.69) is 14.4 Å². The molecule has 0 spiro atoms. The topological polar surface area (TPSA) is 55.3 Å². The van der Waals surface area contributed by atoms with Crippen molar-refractivity contribution in [2.24, 2.45) is 0 Å². The molecule has 20 heavy (non-hydrogen) atoms. The number of nitrogens with zero attached hydrogens (tertiary/aromatic N) is 2. The average Bonchev–Trinajstić information content (AvgIpc) is 3.30.